The number of fused-ring (bicyclic) bond motifs is 3. The number of hydrogen-bond acceptors (Lipinski definition) is 4. The lowest BCUT2D eigenvalue weighted by Crippen LogP contribution is -2.32. The first-order chi connectivity index (χ1) is 14.7. The highest BCUT2D eigenvalue weighted by molar-refractivity contribution is 5.92. The van der Waals surface area contributed by atoms with Crippen molar-refractivity contribution in [2.75, 3.05) is 7.11 Å². The third kappa shape index (κ3) is 2.87. The average Bonchev–Trinajstić information content (AvgIpc) is 2.79. The monoisotopic (exact) mass is 397 g/mol. The molecule has 5 rings (SSSR count). The van der Waals surface area contributed by atoms with Gasteiger partial charge in [-0.25, -0.2) is 0 Å². The summed E-state index contributed by atoms with van der Waals surface area (Å²) in [6, 6.07) is 24.5. The average molecular weight is 397 g/mol. The van der Waals surface area contributed by atoms with Gasteiger partial charge < -0.3 is 9.47 Å². The highest BCUT2D eigenvalue weighted by Crippen LogP contribution is 2.41. The van der Waals surface area contributed by atoms with Crippen LogP contribution in [0.4, 0.5) is 0 Å². The lowest BCUT2D eigenvalue weighted by Gasteiger charge is -2.27. The molecule has 1 aliphatic rings. The van der Waals surface area contributed by atoms with Gasteiger partial charge in [-0.05, 0) is 42.0 Å². The molecule has 3 aromatic carbocycles. The Morgan fingerprint density at radius 1 is 0.900 bits per heavy atom. The Labute approximate surface area is 173 Å². The van der Waals surface area contributed by atoms with Crippen molar-refractivity contribution in [1.82, 2.24) is 4.57 Å². The standard InChI is InChI=1S/C25H19NO4/c1-29-18-13-11-16(12-14-18)20-15-22(27)30-24-19-9-5-6-10-21(19)26(25(28)23(20)24)17-7-3-2-4-8-17/h2-14,20H,15H2,1H3. The molecule has 5 nitrogen and oxygen atoms in total. The van der Waals surface area contributed by atoms with E-state index in [4.69, 9.17) is 9.47 Å². The molecule has 0 saturated heterocycles. The number of carbonyl (C=O) groups is 1. The molecular formula is C25H19NO4. The Bertz CT molecular complexity index is 1310. The number of esters is 1. The van der Waals surface area contributed by atoms with Crippen LogP contribution >= 0.6 is 0 Å². The summed E-state index contributed by atoms with van der Waals surface area (Å²) in [5, 5.41) is 0.738. The van der Waals surface area contributed by atoms with Gasteiger partial charge in [0.1, 0.15) is 11.5 Å². The molecule has 1 aromatic heterocycles. The van der Waals surface area contributed by atoms with E-state index in [2.05, 4.69) is 0 Å². The molecular weight excluding hydrogens is 378 g/mol. The first-order valence-electron chi connectivity index (χ1n) is 9.75. The minimum Gasteiger partial charge on any atom is -0.497 e. The van der Waals surface area contributed by atoms with Gasteiger partial charge in [0.25, 0.3) is 5.56 Å². The normalized spacial score (nSPS) is 15.5. The van der Waals surface area contributed by atoms with Gasteiger partial charge in [0.2, 0.25) is 0 Å². The van der Waals surface area contributed by atoms with E-state index in [1.807, 2.05) is 78.9 Å². The van der Waals surface area contributed by atoms with Crippen molar-refractivity contribution in [3.63, 3.8) is 0 Å². The van der Waals surface area contributed by atoms with E-state index in [-0.39, 0.29) is 23.9 Å². The van der Waals surface area contributed by atoms with E-state index in [1.54, 1.807) is 11.7 Å². The van der Waals surface area contributed by atoms with E-state index in [9.17, 15) is 9.59 Å². The molecule has 4 aromatic rings. The first-order valence-corrected chi connectivity index (χ1v) is 9.75. The van der Waals surface area contributed by atoms with Gasteiger partial charge in [-0.15, -0.1) is 0 Å². The van der Waals surface area contributed by atoms with Crippen molar-refractivity contribution >= 4 is 16.9 Å². The van der Waals surface area contributed by atoms with Crippen LogP contribution in [0.5, 0.6) is 11.5 Å². The fourth-order valence-corrected chi connectivity index (χ4v) is 4.13. The number of pyridine rings is 1. The van der Waals surface area contributed by atoms with E-state index in [1.165, 1.54) is 0 Å². The van der Waals surface area contributed by atoms with E-state index < -0.39 is 0 Å². The van der Waals surface area contributed by atoms with Crippen LogP contribution in [-0.2, 0) is 4.79 Å². The summed E-state index contributed by atoms with van der Waals surface area (Å²) >= 11 is 0. The van der Waals surface area contributed by atoms with Crippen LogP contribution in [0.3, 0.4) is 0 Å². The highest BCUT2D eigenvalue weighted by atomic mass is 16.5. The smallest absolute Gasteiger partial charge is 0.312 e. The Balaban J connectivity index is 1.83. The van der Waals surface area contributed by atoms with Gasteiger partial charge in [0, 0.05) is 17.0 Å². The maximum atomic E-state index is 13.8. The van der Waals surface area contributed by atoms with Crippen molar-refractivity contribution in [1.29, 1.82) is 0 Å². The second-order valence-electron chi connectivity index (χ2n) is 7.24. The van der Waals surface area contributed by atoms with E-state index in [0.717, 1.165) is 22.4 Å². The van der Waals surface area contributed by atoms with Crippen LogP contribution in [-0.4, -0.2) is 17.6 Å². The summed E-state index contributed by atoms with van der Waals surface area (Å²) in [5.41, 5.74) is 2.67. The first kappa shape index (κ1) is 18.2. The number of hydrogen-bond donors (Lipinski definition) is 0. The van der Waals surface area contributed by atoms with Crippen LogP contribution in [0.25, 0.3) is 16.6 Å². The zero-order valence-electron chi connectivity index (χ0n) is 16.4. The Kier molecular flexibility index (Phi) is 4.36. The highest BCUT2D eigenvalue weighted by Gasteiger charge is 2.34. The van der Waals surface area contributed by atoms with E-state index >= 15 is 0 Å². The van der Waals surface area contributed by atoms with Gasteiger partial charge in [-0.3, -0.25) is 14.2 Å². The molecule has 5 heteroatoms. The lowest BCUT2D eigenvalue weighted by molar-refractivity contribution is -0.135. The van der Waals surface area contributed by atoms with Gasteiger partial charge in [-0.1, -0.05) is 42.5 Å². The molecule has 0 aliphatic carbocycles. The summed E-state index contributed by atoms with van der Waals surface area (Å²) in [5.74, 6) is 0.349. The SMILES string of the molecule is COc1ccc(C2CC(=O)Oc3c2c(=O)n(-c2ccccc2)c2ccccc32)cc1. The number of carbonyl (C=O) groups excluding carboxylic acids is 1. The number of rotatable bonds is 3. The Hall–Kier alpha value is -3.86. The zero-order chi connectivity index (χ0) is 20.7. The molecule has 1 unspecified atom stereocenters. The van der Waals surface area contributed by atoms with Crippen molar-refractivity contribution in [2.24, 2.45) is 0 Å². The fourth-order valence-electron chi connectivity index (χ4n) is 4.13. The van der Waals surface area contributed by atoms with Crippen LogP contribution in [0.15, 0.2) is 83.7 Å². The number of ether oxygens (including phenoxy) is 2. The number of benzene rings is 3. The summed E-state index contributed by atoms with van der Waals surface area (Å²) in [6.07, 6.45) is 0.113. The Morgan fingerprint density at radius 2 is 1.60 bits per heavy atom. The van der Waals surface area contributed by atoms with Crippen LogP contribution < -0.4 is 15.0 Å². The third-order valence-corrected chi connectivity index (χ3v) is 5.54. The van der Waals surface area contributed by atoms with Gasteiger partial charge in [0.15, 0.2) is 0 Å². The maximum Gasteiger partial charge on any atom is 0.312 e. The van der Waals surface area contributed by atoms with Gasteiger partial charge >= 0.3 is 5.97 Å². The van der Waals surface area contributed by atoms with Crippen molar-refractivity contribution < 1.29 is 14.3 Å². The topological polar surface area (TPSA) is 57.5 Å². The van der Waals surface area contributed by atoms with Gasteiger partial charge in [-0.2, -0.15) is 0 Å². The summed E-state index contributed by atoms with van der Waals surface area (Å²) in [7, 11) is 1.60. The fraction of sp³-hybridized carbons (Fsp3) is 0.120. The molecule has 0 N–H and O–H groups in total. The molecule has 148 valence electrons. The summed E-state index contributed by atoms with van der Waals surface area (Å²) < 4.78 is 12.6. The largest absolute Gasteiger partial charge is 0.497 e. The molecule has 1 aliphatic heterocycles. The molecule has 30 heavy (non-hydrogen) atoms. The molecule has 0 saturated carbocycles. The quantitative estimate of drug-likeness (QED) is 0.480. The van der Waals surface area contributed by atoms with Crippen LogP contribution in [0, 0.1) is 0 Å². The van der Waals surface area contributed by atoms with Gasteiger partial charge in [0.05, 0.1) is 24.6 Å². The molecule has 0 radical (unpaired) electrons. The number of methoxy groups -OCH3 is 1. The number of para-hydroxylation sites is 2. The van der Waals surface area contributed by atoms with Crippen molar-refractivity contribution in [3.8, 4) is 17.2 Å². The number of nitrogens with zero attached hydrogens (tertiary/aromatic N) is 1. The molecule has 0 amide bonds. The predicted octanol–water partition coefficient (Wildman–Crippen LogP) is 4.44. The summed E-state index contributed by atoms with van der Waals surface area (Å²) in [4.78, 5) is 26.3. The molecule has 0 bridgehead atoms. The molecule has 0 spiro atoms. The lowest BCUT2D eigenvalue weighted by atomic mass is 9.86. The number of aromatic nitrogens is 1. The predicted molar refractivity (Wildman–Crippen MR) is 115 cm³/mol. The van der Waals surface area contributed by atoms with Crippen LogP contribution in [0.2, 0.25) is 0 Å². The summed E-state index contributed by atoms with van der Waals surface area (Å²) in [6.45, 7) is 0. The van der Waals surface area contributed by atoms with Crippen molar-refractivity contribution in [2.45, 2.75) is 12.3 Å². The van der Waals surface area contributed by atoms with Crippen molar-refractivity contribution in [3.05, 3.63) is 100 Å². The second-order valence-corrected chi connectivity index (χ2v) is 7.24. The molecule has 0 fully saturated rings. The maximum absolute atomic E-state index is 13.8. The minimum atomic E-state index is -0.390. The second kappa shape index (κ2) is 7.19. The molecule has 1 atom stereocenters. The van der Waals surface area contributed by atoms with E-state index in [0.29, 0.717) is 16.8 Å². The third-order valence-electron chi connectivity index (χ3n) is 5.54. The van der Waals surface area contributed by atoms with Crippen LogP contribution in [0.1, 0.15) is 23.5 Å². The Morgan fingerprint density at radius 3 is 2.33 bits per heavy atom. The minimum absolute atomic E-state index is 0.113. The molecule has 2 heterocycles. The zero-order valence-corrected chi connectivity index (χ0v) is 16.4.